The van der Waals surface area contributed by atoms with E-state index in [1.54, 1.807) is 12.1 Å². The van der Waals surface area contributed by atoms with Gasteiger partial charge in [-0.05, 0) is 60.9 Å². The van der Waals surface area contributed by atoms with Crippen molar-refractivity contribution in [1.82, 2.24) is 4.90 Å². The third kappa shape index (κ3) is 6.18. The number of carbonyl (C=O) groups excluding carboxylic acids is 1. The zero-order chi connectivity index (χ0) is 24.8. The van der Waals surface area contributed by atoms with Gasteiger partial charge in [0.05, 0.1) is 10.3 Å². The van der Waals surface area contributed by atoms with Crippen LogP contribution < -0.4 is 10.1 Å². The first-order chi connectivity index (χ1) is 16.9. The van der Waals surface area contributed by atoms with Crippen LogP contribution in [-0.4, -0.2) is 55.2 Å². The fraction of sp³-hybridized carbons (Fsp3) is 0.519. The van der Waals surface area contributed by atoms with Gasteiger partial charge in [0.15, 0.2) is 0 Å². The van der Waals surface area contributed by atoms with Crippen LogP contribution in [0.2, 0.25) is 0 Å². The van der Waals surface area contributed by atoms with Crippen molar-refractivity contribution in [1.29, 1.82) is 0 Å². The molecule has 0 radical (unpaired) electrons. The molecular formula is C27H35N3O5. The fourth-order valence-electron chi connectivity index (χ4n) is 5.42. The van der Waals surface area contributed by atoms with Crippen LogP contribution in [0.5, 0.6) is 5.75 Å². The number of ether oxygens (including phenoxy) is 2. The molecule has 2 saturated heterocycles. The highest BCUT2D eigenvalue weighted by Crippen LogP contribution is 2.37. The van der Waals surface area contributed by atoms with E-state index in [0.717, 1.165) is 42.8 Å². The molecule has 0 bridgehead atoms. The summed E-state index contributed by atoms with van der Waals surface area (Å²) in [6, 6.07) is 13.7. The number of benzene rings is 2. The van der Waals surface area contributed by atoms with Crippen LogP contribution >= 0.6 is 0 Å². The van der Waals surface area contributed by atoms with Gasteiger partial charge in [-0.1, -0.05) is 26.0 Å². The SMILES string of the molecule is CC1CC(C)CN(CCOc2ccc(NC(=O)C3(c4ccc([N+](=O)[O-])cc4)CCOCC3)cc2)C1. The molecule has 35 heavy (non-hydrogen) atoms. The molecule has 2 fully saturated rings. The molecule has 2 aromatic rings. The van der Waals surface area contributed by atoms with Gasteiger partial charge in [0, 0.05) is 50.7 Å². The standard InChI is InChI=1S/C27H35N3O5/c1-20-17-21(2)19-29(18-20)13-16-35-25-9-5-23(6-10-25)28-26(31)27(11-14-34-15-12-27)22-3-7-24(8-4-22)30(32)33/h3-10,20-21H,11-19H2,1-2H3,(H,28,31). The Balaban J connectivity index is 1.36. The third-order valence-electron chi connectivity index (χ3n) is 7.14. The fourth-order valence-corrected chi connectivity index (χ4v) is 5.42. The maximum Gasteiger partial charge on any atom is 0.269 e. The Morgan fingerprint density at radius 2 is 1.71 bits per heavy atom. The molecule has 8 nitrogen and oxygen atoms in total. The molecule has 2 unspecified atom stereocenters. The van der Waals surface area contributed by atoms with E-state index in [0.29, 0.717) is 38.3 Å². The topological polar surface area (TPSA) is 93.9 Å². The van der Waals surface area contributed by atoms with Gasteiger partial charge in [0.25, 0.3) is 5.69 Å². The minimum absolute atomic E-state index is 0.0104. The number of nitro benzene ring substituents is 1. The van der Waals surface area contributed by atoms with Crippen molar-refractivity contribution in [3.05, 3.63) is 64.2 Å². The van der Waals surface area contributed by atoms with Gasteiger partial charge in [-0.2, -0.15) is 0 Å². The first-order valence-corrected chi connectivity index (χ1v) is 12.4. The largest absolute Gasteiger partial charge is 0.492 e. The number of nitro groups is 1. The second kappa shape index (κ2) is 11.2. The number of likely N-dealkylation sites (tertiary alicyclic amines) is 1. The van der Waals surface area contributed by atoms with Gasteiger partial charge in [0.1, 0.15) is 12.4 Å². The predicted octanol–water partition coefficient (Wildman–Crippen LogP) is 4.64. The summed E-state index contributed by atoms with van der Waals surface area (Å²) in [5.74, 6) is 2.10. The second-order valence-electron chi connectivity index (χ2n) is 10.0. The summed E-state index contributed by atoms with van der Waals surface area (Å²) in [6.45, 7) is 9.34. The van der Waals surface area contributed by atoms with Gasteiger partial charge in [-0.25, -0.2) is 0 Å². The van der Waals surface area contributed by atoms with Gasteiger partial charge < -0.3 is 14.8 Å². The Morgan fingerprint density at radius 1 is 1.09 bits per heavy atom. The molecule has 4 rings (SSSR count). The number of non-ortho nitro benzene ring substituents is 1. The number of amides is 1. The quantitative estimate of drug-likeness (QED) is 0.436. The first-order valence-electron chi connectivity index (χ1n) is 12.4. The highest BCUT2D eigenvalue weighted by atomic mass is 16.6. The van der Waals surface area contributed by atoms with Gasteiger partial charge in [-0.15, -0.1) is 0 Å². The molecule has 0 aliphatic carbocycles. The predicted molar refractivity (Wildman–Crippen MR) is 135 cm³/mol. The van der Waals surface area contributed by atoms with Crippen molar-refractivity contribution in [2.75, 3.05) is 44.8 Å². The number of hydrogen-bond acceptors (Lipinski definition) is 6. The molecule has 1 amide bonds. The lowest BCUT2D eigenvalue weighted by molar-refractivity contribution is -0.384. The summed E-state index contributed by atoms with van der Waals surface area (Å²) in [4.78, 5) is 26.5. The molecule has 0 spiro atoms. The highest BCUT2D eigenvalue weighted by Gasteiger charge is 2.42. The van der Waals surface area contributed by atoms with Gasteiger partial charge >= 0.3 is 0 Å². The highest BCUT2D eigenvalue weighted by molar-refractivity contribution is 5.99. The number of piperidine rings is 1. The van der Waals surface area contributed by atoms with Crippen molar-refractivity contribution in [2.24, 2.45) is 11.8 Å². The number of anilines is 1. The molecule has 0 aromatic heterocycles. The second-order valence-corrected chi connectivity index (χ2v) is 10.0. The van der Waals surface area contributed by atoms with Crippen LogP contribution in [0.15, 0.2) is 48.5 Å². The Kier molecular flexibility index (Phi) is 8.03. The third-order valence-corrected chi connectivity index (χ3v) is 7.14. The lowest BCUT2D eigenvalue weighted by atomic mass is 9.73. The minimum atomic E-state index is -0.786. The molecule has 188 valence electrons. The molecule has 0 saturated carbocycles. The number of nitrogens with one attached hydrogen (secondary N) is 1. The van der Waals surface area contributed by atoms with E-state index in [1.165, 1.54) is 18.6 Å². The summed E-state index contributed by atoms with van der Waals surface area (Å²) < 4.78 is 11.5. The van der Waals surface area contributed by atoms with E-state index in [9.17, 15) is 14.9 Å². The van der Waals surface area contributed by atoms with Crippen LogP contribution in [0.25, 0.3) is 0 Å². The van der Waals surface area contributed by atoms with Crippen molar-refractivity contribution in [2.45, 2.75) is 38.5 Å². The summed E-state index contributed by atoms with van der Waals surface area (Å²) in [5.41, 5.74) is 0.681. The Bertz CT molecular complexity index is 992. The first kappa shape index (κ1) is 25.1. The number of nitrogens with zero attached hydrogens (tertiary/aromatic N) is 2. The maximum absolute atomic E-state index is 13.5. The zero-order valence-corrected chi connectivity index (χ0v) is 20.6. The molecule has 2 atom stereocenters. The summed E-state index contributed by atoms with van der Waals surface area (Å²) in [7, 11) is 0. The van der Waals surface area contributed by atoms with Gasteiger partial charge in [0.2, 0.25) is 5.91 Å². The van der Waals surface area contributed by atoms with Crippen LogP contribution in [0.3, 0.4) is 0 Å². The summed E-state index contributed by atoms with van der Waals surface area (Å²) in [5, 5.41) is 14.1. The van der Waals surface area contributed by atoms with Crippen LogP contribution in [0, 0.1) is 22.0 Å². The van der Waals surface area contributed by atoms with Crippen molar-refractivity contribution in [3.8, 4) is 5.75 Å². The molecule has 2 aliphatic rings. The minimum Gasteiger partial charge on any atom is -0.492 e. The molecule has 2 heterocycles. The van der Waals surface area contributed by atoms with E-state index < -0.39 is 10.3 Å². The lowest BCUT2D eigenvalue weighted by Crippen LogP contribution is -2.44. The van der Waals surface area contributed by atoms with Gasteiger partial charge in [-0.3, -0.25) is 19.8 Å². The molecule has 8 heteroatoms. The van der Waals surface area contributed by atoms with E-state index in [2.05, 4.69) is 24.1 Å². The maximum atomic E-state index is 13.5. The molecular weight excluding hydrogens is 446 g/mol. The average molecular weight is 482 g/mol. The van der Waals surface area contributed by atoms with Crippen LogP contribution in [0.4, 0.5) is 11.4 Å². The van der Waals surface area contributed by atoms with Crippen molar-refractivity contribution in [3.63, 3.8) is 0 Å². The van der Waals surface area contributed by atoms with Crippen molar-refractivity contribution < 1.29 is 19.2 Å². The normalized spacial score (nSPS) is 22.3. The lowest BCUT2D eigenvalue weighted by Gasteiger charge is -2.36. The Labute approximate surface area is 206 Å². The van der Waals surface area contributed by atoms with Crippen LogP contribution in [-0.2, 0) is 14.9 Å². The summed E-state index contributed by atoms with van der Waals surface area (Å²) in [6.07, 6.45) is 2.33. The molecule has 1 N–H and O–H groups in total. The molecule has 2 aromatic carbocycles. The zero-order valence-electron chi connectivity index (χ0n) is 20.6. The number of carbonyl (C=O) groups is 1. The van der Waals surface area contributed by atoms with E-state index in [-0.39, 0.29) is 11.6 Å². The Morgan fingerprint density at radius 3 is 2.31 bits per heavy atom. The van der Waals surface area contributed by atoms with E-state index >= 15 is 0 Å². The monoisotopic (exact) mass is 481 g/mol. The molecule has 2 aliphatic heterocycles. The van der Waals surface area contributed by atoms with E-state index in [4.69, 9.17) is 9.47 Å². The average Bonchev–Trinajstić information content (AvgIpc) is 2.85. The number of rotatable bonds is 8. The smallest absolute Gasteiger partial charge is 0.269 e. The summed E-state index contributed by atoms with van der Waals surface area (Å²) >= 11 is 0. The number of hydrogen-bond donors (Lipinski definition) is 1. The van der Waals surface area contributed by atoms with Crippen LogP contribution in [0.1, 0.15) is 38.7 Å². The van der Waals surface area contributed by atoms with Crippen molar-refractivity contribution >= 4 is 17.3 Å². The Hall–Kier alpha value is -2.97. The van der Waals surface area contributed by atoms with E-state index in [1.807, 2.05) is 24.3 Å².